The molecule has 0 spiro atoms. The summed E-state index contributed by atoms with van der Waals surface area (Å²) in [6.07, 6.45) is 4.49. The predicted octanol–water partition coefficient (Wildman–Crippen LogP) is 1.47. The zero-order chi connectivity index (χ0) is 10.3. The maximum Gasteiger partial charge on any atom is 0.231 e. The average Bonchev–Trinajstić information content (AvgIpc) is 2.97. The highest BCUT2D eigenvalue weighted by molar-refractivity contribution is 9.10. The number of hydrogen-bond donors (Lipinski definition) is 1. The Morgan fingerprint density at radius 1 is 1.40 bits per heavy atom. The van der Waals surface area contributed by atoms with Crippen molar-refractivity contribution < 1.29 is 4.74 Å². The van der Waals surface area contributed by atoms with Crippen LogP contribution in [0.15, 0.2) is 10.7 Å². The van der Waals surface area contributed by atoms with Gasteiger partial charge in [-0.2, -0.15) is 4.98 Å². The van der Waals surface area contributed by atoms with Crippen molar-refractivity contribution in [1.29, 1.82) is 0 Å². The van der Waals surface area contributed by atoms with Crippen LogP contribution in [0.4, 0.5) is 0 Å². The quantitative estimate of drug-likeness (QED) is 0.903. The molecule has 1 N–H and O–H groups in total. The average molecular weight is 270 g/mol. The summed E-state index contributed by atoms with van der Waals surface area (Å²) in [5.74, 6) is 2.19. The van der Waals surface area contributed by atoms with Gasteiger partial charge >= 0.3 is 0 Å². The Kier molecular flexibility index (Phi) is 2.36. The number of hydrogen-bond acceptors (Lipinski definition) is 4. The largest absolute Gasteiger partial charge is 0.471 e. The second-order valence-electron chi connectivity index (χ2n) is 4.05. The van der Waals surface area contributed by atoms with E-state index in [-0.39, 0.29) is 6.10 Å². The molecule has 0 aromatic carbocycles. The lowest BCUT2D eigenvalue weighted by molar-refractivity contribution is 0.134. The smallest absolute Gasteiger partial charge is 0.231 e. The Labute approximate surface area is 96.6 Å². The van der Waals surface area contributed by atoms with Gasteiger partial charge in [0, 0.05) is 25.2 Å². The van der Waals surface area contributed by atoms with Crippen molar-refractivity contribution in [1.82, 2.24) is 15.3 Å². The van der Waals surface area contributed by atoms with Crippen molar-refractivity contribution in [3.63, 3.8) is 0 Å². The highest BCUT2D eigenvalue weighted by atomic mass is 79.9. The molecule has 5 heteroatoms. The highest BCUT2D eigenvalue weighted by Crippen LogP contribution is 2.39. The van der Waals surface area contributed by atoms with Gasteiger partial charge in [-0.15, -0.1) is 0 Å². The van der Waals surface area contributed by atoms with Crippen molar-refractivity contribution in [2.75, 3.05) is 13.1 Å². The summed E-state index contributed by atoms with van der Waals surface area (Å²) in [7, 11) is 0. The fourth-order valence-corrected chi connectivity index (χ4v) is 1.77. The standard InChI is InChI=1S/C10H12BrN3O/c11-8-5-13-9(6-1-2-6)14-10(8)15-7-3-12-4-7/h5-7,12H,1-4H2. The number of nitrogens with zero attached hydrogens (tertiary/aromatic N) is 2. The summed E-state index contributed by atoms with van der Waals surface area (Å²) in [6, 6.07) is 0. The van der Waals surface area contributed by atoms with Gasteiger partial charge in [0.2, 0.25) is 5.88 Å². The number of aromatic nitrogens is 2. The molecule has 0 bridgehead atoms. The van der Waals surface area contributed by atoms with E-state index in [0.717, 1.165) is 23.4 Å². The molecule has 2 aliphatic rings. The molecule has 1 aliphatic heterocycles. The van der Waals surface area contributed by atoms with E-state index in [1.165, 1.54) is 12.8 Å². The van der Waals surface area contributed by atoms with Crippen molar-refractivity contribution in [3.8, 4) is 5.88 Å². The predicted molar refractivity (Wildman–Crippen MR) is 59.0 cm³/mol. The van der Waals surface area contributed by atoms with Gasteiger partial charge in [0.25, 0.3) is 0 Å². The van der Waals surface area contributed by atoms with Crippen molar-refractivity contribution in [2.45, 2.75) is 24.9 Å². The second kappa shape index (κ2) is 3.72. The Morgan fingerprint density at radius 3 is 2.80 bits per heavy atom. The van der Waals surface area contributed by atoms with E-state index in [4.69, 9.17) is 4.74 Å². The van der Waals surface area contributed by atoms with E-state index >= 15 is 0 Å². The first-order chi connectivity index (χ1) is 7.33. The molecule has 0 atom stereocenters. The minimum Gasteiger partial charge on any atom is -0.471 e. The van der Waals surface area contributed by atoms with Gasteiger partial charge in [-0.1, -0.05) is 0 Å². The van der Waals surface area contributed by atoms with Gasteiger partial charge in [-0.05, 0) is 28.8 Å². The lowest BCUT2D eigenvalue weighted by Crippen LogP contribution is -2.50. The molecule has 0 amide bonds. The Bertz CT molecular complexity index is 377. The molecule has 2 fully saturated rings. The van der Waals surface area contributed by atoms with Crippen LogP contribution >= 0.6 is 15.9 Å². The summed E-state index contributed by atoms with van der Waals surface area (Å²) >= 11 is 3.41. The van der Waals surface area contributed by atoms with Crippen LogP contribution in [-0.2, 0) is 0 Å². The molecule has 4 nitrogen and oxygen atoms in total. The first-order valence-corrected chi connectivity index (χ1v) is 6.02. The SMILES string of the molecule is Brc1cnc(C2CC2)nc1OC1CNC1. The van der Waals surface area contributed by atoms with Crippen molar-refractivity contribution >= 4 is 15.9 Å². The van der Waals surface area contributed by atoms with Gasteiger partial charge in [0.05, 0.1) is 4.47 Å². The Balaban J connectivity index is 1.80. The van der Waals surface area contributed by atoms with Gasteiger partial charge in [0.15, 0.2) is 0 Å². The number of ether oxygens (including phenoxy) is 1. The van der Waals surface area contributed by atoms with Crippen LogP contribution in [0, 0.1) is 0 Å². The molecule has 1 saturated heterocycles. The molecule has 1 aliphatic carbocycles. The van der Waals surface area contributed by atoms with Crippen LogP contribution in [-0.4, -0.2) is 29.2 Å². The molecule has 80 valence electrons. The minimum absolute atomic E-state index is 0.267. The van der Waals surface area contributed by atoms with Crippen molar-refractivity contribution in [2.24, 2.45) is 0 Å². The molecule has 0 radical (unpaired) electrons. The third kappa shape index (κ3) is 1.99. The van der Waals surface area contributed by atoms with E-state index in [0.29, 0.717) is 11.8 Å². The second-order valence-corrected chi connectivity index (χ2v) is 4.91. The molecule has 1 aromatic rings. The molecule has 1 aromatic heterocycles. The normalized spacial score (nSPS) is 21.1. The summed E-state index contributed by atoms with van der Waals surface area (Å²) < 4.78 is 6.59. The van der Waals surface area contributed by atoms with Crippen LogP contribution in [0.2, 0.25) is 0 Å². The van der Waals surface area contributed by atoms with E-state index in [1.54, 1.807) is 6.20 Å². The van der Waals surface area contributed by atoms with Gasteiger partial charge in [-0.25, -0.2) is 4.98 Å². The molecule has 1 saturated carbocycles. The fraction of sp³-hybridized carbons (Fsp3) is 0.600. The maximum atomic E-state index is 5.74. The minimum atomic E-state index is 0.267. The molecule has 0 unspecified atom stereocenters. The number of halogens is 1. The van der Waals surface area contributed by atoms with Crippen molar-refractivity contribution in [3.05, 3.63) is 16.5 Å². The third-order valence-electron chi connectivity index (χ3n) is 2.70. The molecule has 3 rings (SSSR count). The fourth-order valence-electron chi connectivity index (χ4n) is 1.49. The summed E-state index contributed by atoms with van der Waals surface area (Å²) in [4.78, 5) is 8.75. The van der Waals surface area contributed by atoms with Gasteiger partial charge < -0.3 is 10.1 Å². The van der Waals surface area contributed by atoms with Crippen LogP contribution in [0.3, 0.4) is 0 Å². The van der Waals surface area contributed by atoms with E-state index in [9.17, 15) is 0 Å². The highest BCUT2D eigenvalue weighted by Gasteiger charge is 2.28. The molecular formula is C10H12BrN3O. The van der Waals surface area contributed by atoms with Gasteiger partial charge in [-0.3, -0.25) is 0 Å². The topological polar surface area (TPSA) is 47.0 Å². The molecule has 2 heterocycles. The van der Waals surface area contributed by atoms with E-state index in [1.807, 2.05) is 0 Å². The Hall–Kier alpha value is -0.680. The molecular weight excluding hydrogens is 258 g/mol. The van der Waals surface area contributed by atoms with Crippen LogP contribution in [0.5, 0.6) is 5.88 Å². The van der Waals surface area contributed by atoms with E-state index in [2.05, 4.69) is 31.2 Å². The summed E-state index contributed by atoms with van der Waals surface area (Å²) in [5.41, 5.74) is 0. The molecule has 15 heavy (non-hydrogen) atoms. The zero-order valence-corrected chi connectivity index (χ0v) is 9.83. The van der Waals surface area contributed by atoms with E-state index < -0.39 is 0 Å². The van der Waals surface area contributed by atoms with Crippen LogP contribution in [0.25, 0.3) is 0 Å². The maximum absolute atomic E-state index is 5.74. The first-order valence-electron chi connectivity index (χ1n) is 5.23. The Morgan fingerprint density at radius 2 is 2.20 bits per heavy atom. The van der Waals surface area contributed by atoms with Crippen LogP contribution < -0.4 is 10.1 Å². The monoisotopic (exact) mass is 269 g/mol. The number of rotatable bonds is 3. The third-order valence-corrected chi connectivity index (χ3v) is 3.24. The zero-order valence-electron chi connectivity index (χ0n) is 8.24. The lowest BCUT2D eigenvalue weighted by Gasteiger charge is -2.27. The number of nitrogens with one attached hydrogen (secondary N) is 1. The first kappa shape index (κ1) is 9.54. The summed E-state index contributed by atoms with van der Waals surface area (Å²) in [6.45, 7) is 1.82. The van der Waals surface area contributed by atoms with Gasteiger partial charge in [0.1, 0.15) is 11.9 Å². The van der Waals surface area contributed by atoms with Crippen LogP contribution in [0.1, 0.15) is 24.6 Å². The summed E-state index contributed by atoms with van der Waals surface area (Å²) in [5, 5.41) is 3.17. The lowest BCUT2D eigenvalue weighted by atomic mass is 10.2.